The van der Waals surface area contributed by atoms with Gasteiger partial charge in [-0.15, -0.1) is 0 Å². The lowest BCUT2D eigenvalue weighted by molar-refractivity contribution is -0.137. The quantitative estimate of drug-likeness (QED) is 0.455. The molecule has 202 valence electrons. The number of carbonyl (C=O) groups excluding carboxylic acids is 3. The van der Waals surface area contributed by atoms with Crippen LogP contribution in [0.5, 0.6) is 5.75 Å². The molecule has 4 rings (SSSR count). The molecular weight excluding hydrogens is 486 g/mol. The molecule has 1 saturated heterocycles. The summed E-state index contributed by atoms with van der Waals surface area (Å²) >= 11 is 0. The summed E-state index contributed by atoms with van der Waals surface area (Å²) in [6, 6.07) is 11.0. The normalized spacial score (nSPS) is 16.6. The first-order valence-corrected chi connectivity index (χ1v) is 12.5. The second-order valence-electron chi connectivity index (χ2n) is 10.6. The van der Waals surface area contributed by atoms with Crippen molar-refractivity contribution in [1.82, 2.24) is 14.4 Å². The topological polar surface area (TPSA) is 90.3 Å². The molecule has 0 N–H and O–H groups in total. The summed E-state index contributed by atoms with van der Waals surface area (Å²) in [4.78, 5) is 41.5. The number of carbonyl (C=O) groups is 3. The Balaban J connectivity index is 1.75. The van der Waals surface area contributed by atoms with Crippen LogP contribution in [0.4, 0.5) is 4.79 Å². The largest absolute Gasteiger partial charge is 0.496 e. The summed E-state index contributed by atoms with van der Waals surface area (Å²) in [6.45, 7) is 8.56. The Morgan fingerprint density at radius 1 is 1.08 bits per heavy atom. The zero-order valence-corrected chi connectivity index (χ0v) is 23.0. The molecule has 0 spiro atoms. The average Bonchev–Trinajstić information content (AvgIpc) is 3.32. The predicted octanol–water partition coefficient (Wildman–Crippen LogP) is 4.54. The fraction of sp³-hybridized carbons (Fsp3) is 0.414. The van der Waals surface area contributed by atoms with Crippen molar-refractivity contribution >= 4 is 28.9 Å². The van der Waals surface area contributed by atoms with Crippen LogP contribution in [0.25, 0.3) is 10.9 Å². The van der Waals surface area contributed by atoms with Crippen LogP contribution in [0.1, 0.15) is 53.9 Å². The zero-order valence-electron chi connectivity index (χ0n) is 23.0. The maximum absolute atomic E-state index is 13.0. The molecule has 0 bridgehead atoms. The minimum atomic E-state index is -0.631. The summed E-state index contributed by atoms with van der Waals surface area (Å²) in [5, 5.41) is 0.860. The number of rotatable bonds is 5. The fourth-order valence-corrected chi connectivity index (χ4v) is 4.90. The van der Waals surface area contributed by atoms with E-state index in [0.29, 0.717) is 24.4 Å². The molecular formula is C29H35N3O6. The van der Waals surface area contributed by atoms with Gasteiger partial charge < -0.3 is 19.1 Å². The van der Waals surface area contributed by atoms with Crippen LogP contribution in [0.15, 0.2) is 42.6 Å². The number of esters is 1. The molecule has 9 heteroatoms. The van der Waals surface area contributed by atoms with E-state index in [9.17, 15) is 14.4 Å². The summed E-state index contributed by atoms with van der Waals surface area (Å²) in [6.07, 6.45) is 1.26. The molecule has 1 fully saturated rings. The van der Waals surface area contributed by atoms with Crippen LogP contribution in [0.2, 0.25) is 0 Å². The lowest BCUT2D eigenvalue weighted by Gasteiger charge is -2.40. The number of hydrogen-bond donors (Lipinski definition) is 0. The van der Waals surface area contributed by atoms with Gasteiger partial charge in [0.1, 0.15) is 11.4 Å². The fourth-order valence-electron chi connectivity index (χ4n) is 4.90. The van der Waals surface area contributed by atoms with Crippen molar-refractivity contribution in [2.45, 2.75) is 45.9 Å². The summed E-state index contributed by atoms with van der Waals surface area (Å²) in [7, 11) is 4.76. The van der Waals surface area contributed by atoms with Crippen molar-refractivity contribution in [1.29, 1.82) is 0 Å². The molecule has 9 nitrogen and oxygen atoms in total. The van der Waals surface area contributed by atoms with Crippen molar-refractivity contribution in [2.75, 3.05) is 34.4 Å². The number of aromatic nitrogens is 1. The highest BCUT2D eigenvalue weighted by atomic mass is 16.6. The van der Waals surface area contributed by atoms with Gasteiger partial charge in [0.05, 0.1) is 37.9 Å². The molecule has 3 aromatic rings. The van der Waals surface area contributed by atoms with E-state index in [1.165, 1.54) is 11.7 Å². The first-order chi connectivity index (χ1) is 17.9. The Kier molecular flexibility index (Phi) is 7.51. The van der Waals surface area contributed by atoms with Gasteiger partial charge in [0.2, 0.25) is 5.91 Å². The lowest BCUT2D eigenvalue weighted by Crippen LogP contribution is -2.50. The van der Waals surface area contributed by atoms with Crippen molar-refractivity contribution in [3.63, 3.8) is 0 Å². The highest BCUT2D eigenvalue weighted by molar-refractivity contribution is 5.95. The van der Waals surface area contributed by atoms with Crippen LogP contribution < -0.4 is 4.74 Å². The number of nitrogens with zero attached hydrogens (tertiary/aromatic N) is 3. The summed E-state index contributed by atoms with van der Waals surface area (Å²) in [5.41, 5.74) is 3.31. The van der Waals surface area contributed by atoms with Crippen molar-refractivity contribution in [3.8, 4) is 5.75 Å². The van der Waals surface area contributed by atoms with E-state index in [-0.39, 0.29) is 18.5 Å². The van der Waals surface area contributed by atoms with Crippen LogP contribution in [0, 0.1) is 6.92 Å². The Hall–Kier alpha value is -3.85. The number of benzene rings is 2. The molecule has 38 heavy (non-hydrogen) atoms. The van der Waals surface area contributed by atoms with Gasteiger partial charge in [-0.1, -0.05) is 12.1 Å². The van der Waals surface area contributed by atoms with Crippen LogP contribution in [0.3, 0.4) is 0 Å². The molecule has 2 heterocycles. The monoisotopic (exact) mass is 521 g/mol. The van der Waals surface area contributed by atoms with E-state index >= 15 is 0 Å². The predicted molar refractivity (Wildman–Crippen MR) is 143 cm³/mol. The Morgan fingerprint density at radius 2 is 1.76 bits per heavy atom. The van der Waals surface area contributed by atoms with Gasteiger partial charge in [0.15, 0.2) is 0 Å². The molecule has 0 radical (unpaired) electrons. The highest BCUT2D eigenvalue weighted by Crippen LogP contribution is 2.36. The maximum Gasteiger partial charge on any atom is 0.419 e. The first kappa shape index (κ1) is 27.2. The van der Waals surface area contributed by atoms with Crippen LogP contribution in [-0.2, 0) is 20.8 Å². The minimum absolute atomic E-state index is 0.0149. The number of aryl methyl sites for hydroxylation is 1. The third kappa shape index (κ3) is 5.38. The number of ether oxygens (including phenoxy) is 3. The van der Waals surface area contributed by atoms with Crippen LogP contribution in [-0.4, -0.2) is 72.3 Å². The van der Waals surface area contributed by atoms with Crippen LogP contribution >= 0.6 is 0 Å². The van der Waals surface area contributed by atoms with Gasteiger partial charge >= 0.3 is 12.1 Å². The van der Waals surface area contributed by atoms with Gasteiger partial charge in [0.25, 0.3) is 0 Å². The highest BCUT2D eigenvalue weighted by Gasteiger charge is 2.33. The summed E-state index contributed by atoms with van der Waals surface area (Å²) in [5.74, 6) is 0.301. The Bertz CT molecular complexity index is 1370. The van der Waals surface area contributed by atoms with Crippen molar-refractivity contribution in [3.05, 3.63) is 64.8 Å². The van der Waals surface area contributed by atoms with E-state index in [0.717, 1.165) is 27.6 Å². The molecule has 1 atom stereocenters. The zero-order chi connectivity index (χ0) is 27.8. The molecule has 2 aromatic carbocycles. The van der Waals surface area contributed by atoms with Crippen molar-refractivity contribution < 1.29 is 28.6 Å². The third-order valence-corrected chi connectivity index (χ3v) is 6.77. The lowest BCUT2D eigenvalue weighted by atomic mass is 9.98. The average molecular weight is 522 g/mol. The molecule has 0 saturated carbocycles. The second kappa shape index (κ2) is 10.5. The Morgan fingerprint density at radius 3 is 2.37 bits per heavy atom. The van der Waals surface area contributed by atoms with E-state index in [4.69, 9.17) is 14.2 Å². The molecule has 0 unspecified atom stereocenters. The number of amides is 1. The van der Waals surface area contributed by atoms with Gasteiger partial charge in [-0.05, 0) is 63.1 Å². The molecule has 1 aromatic heterocycles. The number of piperazine rings is 1. The maximum atomic E-state index is 13.0. The van der Waals surface area contributed by atoms with E-state index in [2.05, 4.69) is 4.90 Å². The number of hydrogen-bond acceptors (Lipinski definition) is 7. The standard InChI is InChI=1S/C29H35N3O6/c1-18-14-24(36-6)22(21-12-13-32(26(18)21)28(35)38-29(2,3)4)15-31-17-25(33)30(5)16-23(31)19-8-10-20(11-9-19)27(34)37-7/h8-14,23H,15-17H2,1-7H3/t23-/m0/s1. The number of fused-ring (bicyclic) bond motifs is 1. The van der Waals surface area contributed by atoms with Gasteiger partial charge in [-0.25, -0.2) is 9.59 Å². The van der Waals surface area contributed by atoms with E-state index in [1.807, 2.05) is 52.0 Å². The van der Waals surface area contributed by atoms with Gasteiger partial charge in [0, 0.05) is 37.3 Å². The van der Waals surface area contributed by atoms with Crippen molar-refractivity contribution in [2.24, 2.45) is 0 Å². The molecule has 1 aliphatic rings. The van der Waals surface area contributed by atoms with E-state index < -0.39 is 17.7 Å². The SMILES string of the molecule is COC(=O)c1ccc([C@@H]2CN(C)C(=O)CN2Cc2c(OC)cc(C)c3c2ccn3C(=O)OC(C)(C)C)cc1. The minimum Gasteiger partial charge on any atom is -0.496 e. The second-order valence-corrected chi connectivity index (χ2v) is 10.6. The molecule has 1 aliphatic heterocycles. The number of methoxy groups -OCH3 is 2. The smallest absolute Gasteiger partial charge is 0.419 e. The van der Waals surface area contributed by atoms with Gasteiger partial charge in [-0.2, -0.15) is 0 Å². The Labute approximate surface area is 222 Å². The molecule has 1 amide bonds. The first-order valence-electron chi connectivity index (χ1n) is 12.5. The number of likely N-dealkylation sites (N-methyl/N-ethyl adjacent to an activating group) is 1. The molecule has 0 aliphatic carbocycles. The van der Waals surface area contributed by atoms with Gasteiger partial charge in [-0.3, -0.25) is 14.3 Å². The third-order valence-electron chi connectivity index (χ3n) is 6.77. The summed E-state index contributed by atoms with van der Waals surface area (Å²) < 4.78 is 17.7. The van der Waals surface area contributed by atoms with E-state index in [1.54, 1.807) is 37.4 Å².